The van der Waals surface area contributed by atoms with Gasteiger partial charge in [0.25, 0.3) is 0 Å². The van der Waals surface area contributed by atoms with Crippen molar-refractivity contribution in [3.63, 3.8) is 0 Å². The molecule has 0 bridgehead atoms. The Balaban J connectivity index is 1.99. The minimum absolute atomic E-state index is 0.0602. The molecule has 1 aromatic rings. The molecule has 0 aliphatic heterocycles. The van der Waals surface area contributed by atoms with E-state index in [9.17, 15) is 18.0 Å². The predicted octanol–water partition coefficient (Wildman–Crippen LogP) is 2.72. The molecule has 1 fully saturated rings. The molecule has 1 aromatic heterocycles. The van der Waals surface area contributed by atoms with E-state index in [4.69, 9.17) is 4.42 Å². The Bertz CT molecular complexity index is 382. The van der Waals surface area contributed by atoms with E-state index in [1.165, 1.54) is 11.2 Å². The summed E-state index contributed by atoms with van der Waals surface area (Å²) in [6.07, 6.45) is -2.87. The number of hydrogen-bond acceptors (Lipinski definition) is 2. The average Bonchev–Trinajstić information content (AvgIpc) is 2.89. The minimum Gasteiger partial charge on any atom is -0.467 e. The van der Waals surface area contributed by atoms with Crippen molar-refractivity contribution in [2.24, 2.45) is 0 Å². The maximum absolute atomic E-state index is 12.2. The second kappa shape index (κ2) is 4.43. The smallest absolute Gasteiger partial charge is 0.397 e. The van der Waals surface area contributed by atoms with Gasteiger partial charge in [0.1, 0.15) is 12.2 Å². The largest absolute Gasteiger partial charge is 0.467 e. The molecule has 3 nitrogen and oxygen atoms in total. The van der Waals surface area contributed by atoms with Crippen molar-refractivity contribution in [3.05, 3.63) is 24.2 Å². The fraction of sp³-hybridized carbons (Fsp3) is 0.545. The first kappa shape index (κ1) is 12.0. The molecule has 1 saturated carbocycles. The number of rotatable bonds is 4. The summed E-state index contributed by atoms with van der Waals surface area (Å²) in [7, 11) is 0. The van der Waals surface area contributed by atoms with Crippen molar-refractivity contribution in [2.75, 3.05) is 0 Å². The molecule has 94 valence electrons. The fourth-order valence-electron chi connectivity index (χ4n) is 1.65. The Morgan fingerprint density at radius 2 is 2.18 bits per heavy atom. The van der Waals surface area contributed by atoms with Gasteiger partial charge >= 0.3 is 6.18 Å². The SMILES string of the molecule is O=C(CC(F)(F)F)N(Cc1ccco1)C1CC1. The van der Waals surface area contributed by atoms with Gasteiger partial charge in [0.15, 0.2) is 0 Å². The van der Waals surface area contributed by atoms with Gasteiger partial charge < -0.3 is 9.32 Å². The second-order valence-corrected chi connectivity index (χ2v) is 4.12. The summed E-state index contributed by atoms with van der Waals surface area (Å²) in [6, 6.07) is 3.24. The van der Waals surface area contributed by atoms with E-state index in [0.29, 0.717) is 5.76 Å². The average molecular weight is 247 g/mol. The van der Waals surface area contributed by atoms with Crippen LogP contribution in [0.5, 0.6) is 0 Å². The van der Waals surface area contributed by atoms with Gasteiger partial charge in [0.2, 0.25) is 5.91 Å². The number of halogens is 3. The van der Waals surface area contributed by atoms with Crippen LogP contribution in [-0.4, -0.2) is 23.0 Å². The zero-order valence-corrected chi connectivity index (χ0v) is 9.04. The van der Waals surface area contributed by atoms with Crippen LogP contribution in [-0.2, 0) is 11.3 Å². The molecule has 0 N–H and O–H groups in total. The van der Waals surface area contributed by atoms with E-state index < -0.39 is 18.5 Å². The molecule has 0 aromatic carbocycles. The van der Waals surface area contributed by atoms with Gasteiger partial charge in [-0.3, -0.25) is 4.79 Å². The number of carbonyl (C=O) groups is 1. The number of carbonyl (C=O) groups excluding carboxylic acids is 1. The lowest BCUT2D eigenvalue weighted by Gasteiger charge is -2.21. The Morgan fingerprint density at radius 1 is 1.47 bits per heavy atom. The molecule has 2 rings (SSSR count). The van der Waals surface area contributed by atoms with Crippen LogP contribution >= 0.6 is 0 Å². The van der Waals surface area contributed by atoms with E-state index in [0.717, 1.165) is 12.8 Å². The zero-order valence-electron chi connectivity index (χ0n) is 9.04. The Morgan fingerprint density at radius 3 is 2.65 bits per heavy atom. The van der Waals surface area contributed by atoms with Gasteiger partial charge in [0, 0.05) is 6.04 Å². The van der Waals surface area contributed by atoms with Crippen molar-refractivity contribution in [1.29, 1.82) is 0 Å². The van der Waals surface area contributed by atoms with Gasteiger partial charge in [-0.15, -0.1) is 0 Å². The molecular weight excluding hydrogens is 235 g/mol. The van der Waals surface area contributed by atoms with Gasteiger partial charge in [-0.2, -0.15) is 13.2 Å². The van der Waals surface area contributed by atoms with Crippen LogP contribution in [0.4, 0.5) is 13.2 Å². The van der Waals surface area contributed by atoms with Gasteiger partial charge in [0.05, 0.1) is 12.8 Å². The molecule has 1 heterocycles. The maximum Gasteiger partial charge on any atom is 0.397 e. The monoisotopic (exact) mass is 247 g/mol. The second-order valence-electron chi connectivity index (χ2n) is 4.12. The van der Waals surface area contributed by atoms with E-state index in [1.807, 2.05) is 0 Å². The Labute approximate surface area is 96.2 Å². The molecule has 1 amide bonds. The first-order chi connectivity index (χ1) is 7.96. The maximum atomic E-state index is 12.2. The summed E-state index contributed by atoms with van der Waals surface area (Å²) in [5.74, 6) is -0.371. The zero-order chi connectivity index (χ0) is 12.5. The summed E-state index contributed by atoms with van der Waals surface area (Å²) < 4.78 is 41.5. The topological polar surface area (TPSA) is 33.5 Å². The molecule has 6 heteroatoms. The van der Waals surface area contributed by atoms with Crippen LogP contribution in [0, 0.1) is 0 Å². The first-order valence-electron chi connectivity index (χ1n) is 5.34. The quantitative estimate of drug-likeness (QED) is 0.819. The summed E-state index contributed by atoms with van der Waals surface area (Å²) in [5.41, 5.74) is 0. The lowest BCUT2D eigenvalue weighted by atomic mass is 10.3. The van der Waals surface area contributed by atoms with Crippen LogP contribution in [0.2, 0.25) is 0 Å². The summed E-state index contributed by atoms with van der Waals surface area (Å²) in [4.78, 5) is 12.8. The number of nitrogens with zero attached hydrogens (tertiary/aromatic N) is 1. The number of furan rings is 1. The number of amides is 1. The van der Waals surface area contributed by atoms with Crippen LogP contribution in [0.25, 0.3) is 0 Å². The van der Waals surface area contributed by atoms with Crippen LogP contribution in [0.1, 0.15) is 25.0 Å². The van der Waals surface area contributed by atoms with Crippen molar-refractivity contribution < 1.29 is 22.4 Å². The Kier molecular flexibility index (Phi) is 3.13. The highest BCUT2D eigenvalue weighted by molar-refractivity contribution is 5.77. The van der Waals surface area contributed by atoms with Gasteiger partial charge in [-0.05, 0) is 25.0 Å². The first-order valence-corrected chi connectivity index (χ1v) is 5.34. The minimum atomic E-state index is -4.45. The van der Waals surface area contributed by atoms with Crippen LogP contribution in [0.15, 0.2) is 22.8 Å². The molecule has 0 saturated heterocycles. The number of hydrogen-bond donors (Lipinski definition) is 0. The normalized spacial score (nSPS) is 15.9. The molecular formula is C11H12F3NO2. The molecule has 0 radical (unpaired) electrons. The molecule has 1 aliphatic rings. The van der Waals surface area contributed by atoms with Gasteiger partial charge in [-0.1, -0.05) is 0 Å². The third-order valence-corrected chi connectivity index (χ3v) is 2.57. The molecule has 0 unspecified atom stereocenters. The van der Waals surface area contributed by atoms with E-state index in [2.05, 4.69) is 0 Å². The van der Waals surface area contributed by atoms with E-state index in [1.54, 1.807) is 12.1 Å². The van der Waals surface area contributed by atoms with Crippen molar-refractivity contribution >= 4 is 5.91 Å². The predicted molar refractivity (Wildman–Crippen MR) is 53.0 cm³/mol. The van der Waals surface area contributed by atoms with Crippen molar-refractivity contribution in [1.82, 2.24) is 4.90 Å². The molecule has 17 heavy (non-hydrogen) atoms. The summed E-state index contributed by atoms with van der Waals surface area (Å²) >= 11 is 0. The molecule has 1 aliphatic carbocycles. The fourth-order valence-corrected chi connectivity index (χ4v) is 1.65. The lowest BCUT2D eigenvalue weighted by molar-refractivity contribution is -0.162. The highest BCUT2D eigenvalue weighted by Gasteiger charge is 2.39. The summed E-state index contributed by atoms with van der Waals surface area (Å²) in [6.45, 7) is 0.118. The van der Waals surface area contributed by atoms with Crippen LogP contribution in [0.3, 0.4) is 0 Å². The highest BCUT2D eigenvalue weighted by atomic mass is 19.4. The third-order valence-electron chi connectivity index (χ3n) is 2.57. The molecule has 0 atom stereocenters. The van der Waals surface area contributed by atoms with Crippen molar-refractivity contribution in [2.45, 2.75) is 38.0 Å². The van der Waals surface area contributed by atoms with Crippen LogP contribution < -0.4 is 0 Å². The third kappa shape index (κ3) is 3.51. The lowest BCUT2D eigenvalue weighted by Crippen LogP contribution is -2.35. The van der Waals surface area contributed by atoms with E-state index in [-0.39, 0.29) is 12.6 Å². The molecule has 0 spiro atoms. The summed E-state index contributed by atoms with van der Waals surface area (Å²) in [5, 5.41) is 0. The van der Waals surface area contributed by atoms with E-state index >= 15 is 0 Å². The van der Waals surface area contributed by atoms with Crippen molar-refractivity contribution in [3.8, 4) is 0 Å². The standard InChI is InChI=1S/C11H12F3NO2/c12-11(13,14)6-10(16)15(8-3-4-8)7-9-2-1-5-17-9/h1-2,5,8H,3-4,6-7H2. The Hall–Kier alpha value is -1.46. The highest BCUT2D eigenvalue weighted by Crippen LogP contribution is 2.31. The van der Waals surface area contributed by atoms with Gasteiger partial charge in [-0.25, -0.2) is 0 Å². The number of alkyl halides is 3.